The van der Waals surface area contributed by atoms with Gasteiger partial charge in [0.1, 0.15) is 5.60 Å². The lowest BCUT2D eigenvalue weighted by Crippen LogP contribution is -2.47. The third kappa shape index (κ3) is 7.11. The first-order valence-electron chi connectivity index (χ1n) is 14.9. The summed E-state index contributed by atoms with van der Waals surface area (Å²) in [6.07, 6.45) is 12.1. The molecular formula is C33H45ClN2O3. The largest absolute Gasteiger partial charge is 0.364 e. The number of nitrogens with zero attached hydrogens (tertiary/aromatic N) is 2. The number of imide groups is 1. The molecule has 0 aromatic heterocycles. The van der Waals surface area contributed by atoms with Crippen LogP contribution in [-0.2, 0) is 19.9 Å². The van der Waals surface area contributed by atoms with Crippen LogP contribution < -0.4 is 0 Å². The summed E-state index contributed by atoms with van der Waals surface area (Å²) in [7, 11) is 0. The second kappa shape index (κ2) is 13.9. The lowest BCUT2D eigenvalue weighted by molar-refractivity contribution is -0.153. The zero-order chi connectivity index (χ0) is 26.3. The molecule has 0 atom stereocenters. The van der Waals surface area contributed by atoms with Crippen molar-refractivity contribution in [1.82, 2.24) is 9.80 Å². The lowest BCUT2D eigenvalue weighted by atomic mass is 9.76. The molecule has 1 spiro atoms. The molecule has 2 heterocycles. The molecule has 1 aliphatic carbocycles. The Morgan fingerprint density at radius 2 is 1.21 bits per heavy atom. The van der Waals surface area contributed by atoms with Gasteiger partial charge in [0, 0.05) is 32.5 Å². The number of piperidine rings is 1. The molecule has 0 bridgehead atoms. The molecule has 3 fully saturated rings. The van der Waals surface area contributed by atoms with Crippen molar-refractivity contribution in [1.29, 1.82) is 0 Å². The van der Waals surface area contributed by atoms with E-state index in [1.54, 1.807) is 4.90 Å². The first-order chi connectivity index (χ1) is 18.6. The third-order valence-electron chi connectivity index (χ3n) is 9.19. The molecule has 2 aromatic carbocycles. The van der Waals surface area contributed by atoms with E-state index < -0.39 is 5.60 Å². The standard InChI is InChI=1S/C33H44N2O3.ClH/c36-30-26-32(18-10-11-19-32)27-31(37)35(30)22-13-3-1-2-12-21-34-23-20-33(38-25-24-34,28-14-6-4-7-15-28)29-16-8-5-9-17-29;/h4-9,14-17H,1-3,10-13,18-27H2;1H. The zero-order valence-corrected chi connectivity index (χ0v) is 24.1. The van der Waals surface area contributed by atoms with Crippen LogP contribution in [0.5, 0.6) is 0 Å². The van der Waals surface area contributed by atoms with Crippen molar-refractivity contribution in [2.75, 3.05) is 32.8 Å². The van der Waals surface area contributed by atoms with Crippen LogP contribution in [0.2, 0.25) is 0 Å². The molecule has 5 rings (SSSR count). The Bertz CT molecular complexity index is 996. The summed E-state index contributed by atoms with van der Waals surface area (Å²) in [5.74, 6) is 0.155. The average Bonchev–Trinajstić information content (AvgIpc) is 3.26. The van der Waals surface area contributed by atoms with Gasteiger partial charge in [0.25, 0.3) is 0 Å². The Labute approximate surface area is 240 Å². The first kappa shape index (κ1) is 29.8. The summed E-state index contributed by atoms with van der Waals surface area (Å²) in [6.45, 7) is 4.40. The van der Waals surface area contributed by atoms with Crippen molar-refractivity contribution in [3.8, 4) is 0 Å². The van der Waals surface area contributed by atoms with Gasteiger partial charge in [0.05, 0.1) is 6.61 Å². The molecule has 2 aromatic rings. The molecule has 6 heteroatoms. The van der Waals surface area contributed by atoms with E-state index in [1.807, 2.05) is 0 Å². The van der Waals surface area contributed by atoms with Crippen molar-refractivity contribution < 1.29 is 14.3 Å². The number of halogens is 1. The predicted molar refractivity (Wildman–Crippen MR) is 158 cm³/mol. The number of likely N-dealkylation sites (tertiary alicyclic amines) is 1. The van der Waals surface area contributed by atoms with Crippen molar-refractivity contribution in [3.63, 3.8) is 0 Å². The summed E-state index contributed by atoms with van der Waals surface area (Å²) in [5.41, 5.74) is 2.08. The maximum absolute atomic E-state index is 12.7. The molecule has 2 saturated heterocycles. The van der Waals surface area contributed by atoms with Gasteiger partial charge in [-0.1, -0.05) is 92.8 Å². The van der Waals surface area contributed by atoms with Crippen LogP contribution in [-0.4, -0.2) is 54.4 Å². The number of unbranched alkanes of at least 4 members (excludes halogenated alkanes) is 4. The topological polar surface area (TPSA) is 49.9 Å². The SMILES string of the molecule is Cl.O=C1CC2(CCCC2)CC(=O)N1CCCCCCCN1CCOC(c2ccccc2)(c2ccccc2)CC1. The summed E-state index contributed by atoms with van der Waals surface area (Å²) < 4.78 is 6.66. The maximum atomic E-state index is 12.7. The van der Waals surface area contributed by atoms with Gasteiger partial charge in [0.2, 0.25) is 11.8 Å². The molecule has 5 nitrogen and oxygen atoms in total. The molecular weight excluding hydrogens is 508 g/mol. The fourth-order valence-electron chi connectivity index (χ4n) is 7.01. The van der Waals surface area contributed by atoms with Crippen molar-refractivity contribution in [3.05, 3.63) is 71.8 Å². The van der Waals surface area contributed by atoms with Gasteiger partial charge < -0.3 is 9.64 Å². The maximum Gasteiger partial charge on any atom is 0.229 e. The van der Waals surface area contributed by atoms with E-state index in [-0.39, 0.29) is 29.6 Å². The minimum Gasteiger partial charge on any atom is -0.364 e. The van der Waals surface area contributed by atoms with E-state index in [9.17, 15) is 9.59 Å². The molecule has 3 aliphatic rings. The highest BCUT2D eigenvalue weighted by Gasteiger charge is 2.44. The van der Waals surface area contributed by atoms with Gasteiger partial charge >= 0.3 is 0 Å². The summed E-state index contributed by atoms with van der Waals surface area (Å²) in [6, 6.07) is 21.3. The van der Waals surface area contributed by atoms with Crippen LogP contribution in [0, 0.1) is 5.41 Å². The smallest absolute Gasteiger partial charge is 0.229 e. The van der Waals surface area contributed by atoms with Gasteiger partial charge in [-0.3, -0.25) is 14.5 Å². The molecule has 2 aliphatic heterocycles. The minimum absolute atomic E-state index is 0. The number of hydrogen-bond donors (Lipinski definition) is 0. The van der Waals surface area contributed by atoms with E-state index >= 15 is 0 Å². The van der Waals surface area contributed by atoms with Crippen LogP contribution >= 0.6 is 12.4 Å². The zero-order valence-electron chi connectivity index (χ0n) is 23.3. The Hall–Kier alpha value is -2.21. The van der Waals surface area contributed by atoms with Crippen LogP contribution in [0.1, 0.15) is 88.2 Å². The van der Waals surface area contributed by atoms with Crippen molar-refractivity contribution >= 4 is 24.2 Å². The monoisotopic (exact) mass is 552 g/mol. The Kier molecular flexibility index (Phi) is 10.6. The molecule has 2 amide bonds. The minimum atomic E-state index is -0.391. The number of carbonyl (C=O) groups excluding carboxylic acids is 2. The second-order valence-electron chi connectivity index (χ2n) is 11.8. The van der Waals surface area contributed by atoms with E-state index in [1.165, 1.54) is 36.8 Å². The van der Waals surface area contributed by atoms with E-state index in [0.29, 0.717) is 19.4 Å². The lowest BCUT2D eigenvalue weighted by Gasteiger charge is -2.37. The van der Waals surface area contributed by atoms with Crippen molar-refractivity contribution in [2.45, 2.75) is 82.7 Å². The third-order valence-corrected chi connectivity index (χ3v) is 9.19. The van der Waals surface area contributed by atoms with Crippen LogP contribution in [0.15, 0.2) is 60.7 Å². The highest BCUT2D eigenvalue weighted by molar-refractivity contribution is 5.98. The number of benzene rings is 2. The average molecular weight is 553 g/mol. The van der Waals surface area contributed by atoms with E-state index in [0.717, 1.165) is 64.8 Å². The van der Waals surface area contributed by atoms with Gasteiger partial charge in [0.15, 0.2) is 0 Å². The summed E-state index contributed by atoms with van der Waals surface area (Å²) >= 11 is 0. The molecule has 212 valence electrons. The number of amides is 2. The van der Waals surface area contributed by atoms with Crippen LogP contribution in [0.3, 0.4) is 0 Å². The van der Waals surface area contributed by atoms with Crippen LogP contribution in [0.4, 0.5) is 0 Å². The quantitative estimate of drug-likeness (QED) is 0.242. The molecule has 0 unspecified atom stereocenters. The summed E-state index contributed by atoms with van der Waals surface area (Å²) in [5, 5.41) is 0. The predicted octanol–water partition coefficient (Wildman–Crippen LogP) is 6.73. The Morgan fingerprint density at radius 3 is 1.79 bits per heavy atom. The molecule has 0 N–H and O–H groups in total. The van der Waals surface area contributed by atoms with Gasteiger partial charge in [-0.05, 0) is 55.2 Å². The molecule has 39 heavy (non-hydrogen) atoms. The summed E-state index contributed by atoms with van der Waals surface area (Å²) in [4.78, 5) is 29.4. The normalized spacial score (nSPS) is 21.1. The Morgan fingerprint density at radius 1 is 0.667 bits per heavy atom. The Balaban J connectivity index is 0.00000353. The first-order valence-corrected chi connectivity index (χ1v) is 14.9. The number of ether oxygens (including phenoxy) is 1. The second-order valence-corrected chi connectivity index (χ2v) is 11.8. The van der Waals surface area contributed by atoms with E-state index in [4.69, 9.17) is 4.74 Å². The highest BCUT2D eigenvalue weighted by Crippen LogP contribution is 2.47. The van der Waals surface area contributed by atoms with Gasteiger partial charge in [-0.25, -0.2) is 0 Å². The van der Waals surface area contributed by atoms with Crippen molar-refractivity contribution in [2.24, 2.45) is 5.41 Å². The van der Waals surface area contributed by atoms with E-state index in [2.05, 4.69) is 65.6 Å². The number of hydrogen-bond acceptors (Lipinski definition) is 4. The van der Waals surface area contributed by atoms with Gasteiger partial charge in [-0.2, -0.15) is 0 Å². The van der Waals surface area contributed by atoms with Gasteiger partial charge in [-0.15, -0.1) is 12.4 Å². The highest BCUT2D eigenvalue weighted by atomic mass is 35.5. The fourth-order valence-corrected chi connectivity index (χ4v) is 7.01. The van der Waals surface area contributed by atoms with Crippen LogP contribution in [0.25, 0.3) is 0 Å². The molecule has 0 radical (unpaired) electrons. The number of rotatable bonds is 10. The number of carbonyl (C=O) groups is 2. The molecule has 1 saturated carbocycles. The fraction of sp³-hybridized carbons (Fsp3) is 0.576.